The van der Waals surface area contributed by atoms with Crippen molar-refractivity contribution in [1.82, 2.24) is 9.97 Å². The Hall–Kier alpha value is -2.21. The number of carboxylic acid groups (broad SMARTS) is 1. The summed E-state index contributed by atoms with van der Waals surface area (Å²) in [5.41, 5.74) is 0.593. The third-order valence-corrected chi connectivity index (χ3v) is 3.54. The van der Waals surface area contributed by atoms with E-state index in [2.05, 4.69) is 9.97 Å². The molecule has 1 saturated heterocycles. The van der Waals surface area contributed by atoms with Gasteiger partial charge in [-0.3, -0.25) is 4.79 Å². The molecule has 0 amide bonds. The number of nitrogens with one attached hydrogen (secondary N) is 1. The molecule has 0 radical (unpaired) electrons. The molecule has 3 rings (SSSR count). The highest BCUT2D eigenvalue weighted by Gasteiger charge is 2.25. The molecule has 2 aromatic heterocycles. The first-order chi connectivity index (χ1) is 9.56. The third-order valence-electron chi connectivity index (χ3n) is 3.54. The topological polar surface area (TPSA) is 92.3 Å². The van der Waals surface area contributed by atoms with Crippen LogP contribution in [0.3, 0.4) is 0 Å². The zero-order valence-corrected chi connectivity index (χ0v) is 10.9. The largest absolute Gasteiger partial charge is 0.476 e. The fourth-order valence-electron chi connectivity index (χ4n) is 2.59. The van der Waals surface area contributed by atoms with Crippen molar-refractivity contribution in [2.75, 3.05) is 0 Å². The van der Waals surface area contributed by atoms with Crippen LogP contribution in [0.15, 0.2) is 23.1 Å². The minimum atomic E-state index is -1.21. The second-order valence-electron chi connectivity index (χ2n) is 4.99. The van der Waals surface area contributed by atoms with Gasteiger partial charge in [0, 0.05) is 18.0 Å². The number of hydrogen-bond acceptors (Lipinski definition) is 4. The van der Waals surface area contributed by atoms with Gasteiger partial charge in [-0.25, -0.2) is 9.78 Å². The molecule has 1 aliphatic heterocycles. The molecule has 6 nitrogen and oxygen atoms in total. The number of rotatable bonds is 2. The maximum atomic E-state index is 12.2. The van der Waals surface area contributed by atoms with E-state index in [0.29, 0.717) is 11.2 Å². The van der Waals surface area contributed by atoms with Gasteiger partial charge < -0.3 is 14.8 Å². The fourth-order valence-corrected chi connectivity index (χ4v) is 2.59. The summed E-state index contributed by atoms with van der Waals surface area (Å²) in [5, 5.41) is 9.19. The van der Waals surface area contributed by atoms with Crippen molar-refractivity contribution in [3.8, 4) is 0 Å². The summed E-state index contributed by atoms with van der Waals surface area (Å²) in [6.45, 7) is 1.99. The molecule has 1 aliphatic rings. The molecule has 6 heteroatoms. The Bertz CT molecular complexity index is 738. The molecule has 3 heterocycles. The number of carbonyl (C=O) groups is 1. The molecule has 1 fully saturated rings. The van der Waals surface area contributed by atoms with Crippen LogP contribution >= 0.6 is 0 Å². The number of fused-ring (bicyclic) bond motifs is 1. The lowest BCUT2D eigenvalue weighted by Gasteiger charge is -2.12. The summed E-state index contributed by atoms with van der Waals surface area (Å²) >= 11 is 0. The molecule has 2 atom stereocenters. The van der Waals surface area contributed by atoms with Crippen LogP contribution in [-0.2, 0) is 4.74 Å². The molecule has 2 aromatic rings. The number of carboxylic acids is 1. The summed E-state index contributed by atoms with van der Waals surface area (Å²) in [5.74, 6) is -1.21. The second-order valence-corrected chi connectivity index (χ2v) is 4.99. The van der Waals surface area contributed by atoms with Gasteiger partial charge in [-0.1, -0.05) is 0 Å². The number of nitrogens with zero attached hydrogens (tertiary/aromatic N) is 1. The summed E-state index contributed by atoms with van der Waals surface area (Å²) in [7, 11) is 0. The predicted octanol–water partition coefficient (Wildman–Crippen LogP) is 1.86. The SMILES string of the molecule is CC1CCC(c2cc(=O)c3c(C(=O)O)nccc3[nH]2)O1. The van der Waals surface area contributed by atoms with Gasteiger partial charge in [0.1, 0.15) is 0 Å². The Morgan fingerprint density at radius 1 is 1.50 bits per heavy atom. The lowest BCUT2D eigenvalue weighted by Crippen LogP contribution is -2.14. The number of H-pyrrole nitrogens is 1. The van der Waals surface area contributed by atoms with Crippen molar-refractivity contribution in [2.45, 2.75) is 32.0 Å². The van der Waals surface area contributed by atoms with Gasteiger partial charge in [0.2, 0.25) is 0 Å². The number of aromatic amines is 1. The summed E-state index contributed by atoms with van der Waals surface area (Å²) in [6.07, 6.45) is 3.21. The Kier molecular flexibility index (Phi) is 3.02. The van der Waals surface area contributed by atoms with Gasteiger partial charge in [-0.2, -0.15) is 0 Å². The van der Waals surface area contributed by atoms with Crippen molar-refractivity contribution >= 4 is 16.9 Å². The summed E-state index contributed by atoms with van der Waals surface area (Å²) < 4.78 is 5.73. The average Bonchev–Trinajstić information content (AvgIpc) is 2.84. The zero-order chi connectivity index (χ0) is 14.3. The molecule has 20 heavy (non-hydrogen) atoms. The fraction of sp³-hybridized carbons (Fsp3) is 0.357. The van der Waals surface area contributed by atoms with E-state index in [9.17, 15) is 9.59 Å². The maximum Gasteiger partial charge on any atom is 0.355 e. The number of aromatic nitrogens is 2. The van der Waals surface area contributed by atoms with Crippen LogP contribution in [0.25, 0.3) is 10.9 Å². The summed E-state index contributed by atoms with van der Waals surface area (Å²) in [4.78, 5) is 30.1. The van der Waals surface area contributed by atoms with Crippen molar-refractivity contribution < 1.29 is 14.6 Å². The number of aromatic carboxylic acids is 1. The van der Waals surface area contributed by atoms with E-state index in [1.807, 2.05) is 6.92 Å². The predicted molar refractivity (Wildman–Crippen MR) is 71.8 cm³/mol. The molecule has 104 valence electrons. The normalized spacial score (nSPS) is 22.2. The Balaban J connectivity index is 2.16. The van der Waals surface area contributed by atoms with Gasteiger partial charge in [-0.15, -0.1) is 0 Å². The highest BCUT2D eigenvalue weighted by Crippen LogP contribution is 2.31. The number of pyridine rings is 2. The minimum absolute atomic E-state index is 0.106. The van der Waals surface area contributed by atoms with Gasteiger partial charge in [0.05, 0.1) is 23.1 Å². The van der Waals surface area contributed by atoms with E-state index in [1.165, 1.54) is 12.3 Å². The monoisotopic (exact) mass is 274 g/mol. The standard InChI is InChI=1S/C14H14N2O4/c1-7-2-3-11(20-7)9-6-10(17)12-8(16-9)4-5-15-13(12)14(18)19/h4-7,11H,2-3H2,1H3,(H,16,17)(H,18,19). The first-order valence-corrected chi connectivity index (χ1v) is 6.47. The van der Waals surface area contributed by atoms with Crippen molar-refractivity contribution in [1.29, 1.82) is 0 Å². The lowest BCUT2D eigenvalue weighted by atomic mass is 10.1. The van der Waals surface area contributed by atoms with E-state index in [-0.39, 0.29) is 28.7 Å². The first-order valence-electron chi connectivity index (χ1n) is 6.47. The molecule has 2 N–H and O–H groups in total. The van der Waals surface area contributed by atoms with Crippen LogP contribution in [0.2, 0.25) is 0 Å². The molecule has 2 unspecified atom stereocenters. The van der Waals surface area contributed by atoms with E-state index in [1.54, 1.807) is 6.07 Å². The van der Waals surface area contributed by atoms with E-state index >= 15 is 0 Å². The molecular weight excluding hydrogens is 260 g/mol. The Morgan fingerprint density at radius 2 is 2.30 bits per heavy atom. The number of ether oxygens (including phenoxy) is 1. The summed E-state index contributed by atoms with van der Waals surface area (Å²) in [6, 6.07) is 3.02. The zero-order valence-electron chi connectivity index (χ0n) is 10.9. The maximum absolute atomic E-state index is 12.2. The van der Waals surface area contributed by atoms with Crippen LogP contribution in [0, 0.1) is 0 Å². The van der Waals surface area contributed by atoms with Crippen molar-refractivity contribution in [3.05, 3.63) is 39.9 Å². The number of hydrogen-bond donors (Lipinski definition) is 2. The third kappa shape index (κ3) is 2.08. The van der Waals surface area contributed by atoms with E-state index < -0.39 is 5.97 Å². The Morgan fingerprint density at radius 3 is 2.95 bits per heavy atom. The molecular formula is C14H14N2O4. The molecule has 0 aliphatic carbocycles. The van der Waals surface area contributed by atoms with Gasteiger partial charge in [0.15, 0.2) is 11.1 Å². The first kappa shape index (κ1) is 12.8. The van der Waals surface area contributed by atoms with Crippen molar-refractivity contribution in [2.24, 2.45) is 0 Å². The molecule has 0 bridgehead atoms. The van der Waals surface area contributed by atoms with Gasteiger partial charge >= 0.3 is 5.97 Å². The minimum Gasteiger partial charge on any atom is -0.476 e. The quantitative estimate of drug-likeness (QED) is 0.872. The van der Waals surface area contributed by atoms with Crippen molar-refractivity contribution in [3.63, 3.8) is 0 Å². The van der Waals surface area contributed by atoms with E-state index in [0.717, 1.165) is 12.8 Å². The van der Waals surface area contributed by atoms with Crippen LogP contribution in [-0.4, -0.2) is 27.1 Å². The Labute approximate surface area is 114 Å². The highest BCUT2D eigenvalue weighted by molar-refractivity contribution is 6.00. The van der Waals surface area contributed by atoms with Crippen LogP contribution < -0.4 is 5.43 Å². The van der Waals surface area contributed by atoms with Gasteiger partial charge in [0.25, 0.3) is 0 Å². The van der Waals surface area contributed by atoms with Crippen LogP contribution in [0.5, 0.6) is 0 Å². The molecule has 0 spiro atoms. The van der Waals surface area contributed by atoms with Crippen LogP contribution in [0.4, 0.5) is 0 Å². The highest BCUT2D eigenvalue weighted by atomic mass is 16.5. The average molecular weight is 274 g/mol. The van der Waals surface area contributed by atoms with Crippen LogP contribution in [0.1, 0.15) is 42.1 Å². The smallest absolute Gasteiger partial charge is 0.355 e. The van der Waals surface area contributed by atoms with E-state index in [4.69, 9.17) is 9.84 Å². The second kappa shape index (κ2) is 4.72. The lowest BCUT2D eigenvalue weighted by molar-refractivity contribution is 0.0532. The van der Waals surface area contributed by atoms with Gasteiger partial charge in [-0.05, 0) is 25.8 Å². The molecule has 0 saturated carbocycles. The molecule has 0 aromatic carbocycles.